The Balaban J connectivity index is 2.04. The molecule has 1 aliphatic heterocycles. The van der Waals surface area contributed by atoms with Crippen LogP contribution in [0.1, 0.15) is 5.69 Å². The van der Waals surface area contributed by atoms with Crippen molar-refractivity contribution < 1.29 is 4.79 Å². The molecule has 1 unspecified atom stereocenters. The molecular weight excluding hydrogens is 198 g/mol. The van der Waals surface area contributed by atoms with E-state index in [-0.39, 0.29) is 11.2 Å². The maximum Gasteiger partial charge on any atom is 0.262 e. The molecular formula is C9H9N3OS. The van der Waals surface area contributed by atoms with Gasteiger partial charge in [-0.15, -0.1) is 0 Å². The number of hydrogen-bond donors (Lipinski definition) is 1. The zero-order chi connectivity index (χ0) is 9.97. The number of rotatable bonds is 2. The van der Waals surface area contributed by atoms with E-state index in [0.29, 0.717) is 11.6 Å². The summed E-state index contributed by atoms with van der Waals surface area (Å²) in [4.78, 5) is 19.1. The van der Waals surface area contributed by atoms with Crippen LogP contribution in [-0.4, -0.2) is 21.3 Å². The summed E-state index contributed by atoms with van der Waals surface area (Å²) >= 11 is 1.31. The second-order valence-corrected chi connectivity index (χ2v) is 4.14. The van der Waals surface area contributed by atoms with Gasteiger partial charge in [0.25, 0.3) is 5.91 Å². The molecule has 72 valence electrons. The van der Waals surface area contributed by atoms with Crippen LogP contribution < -0.4 is 5.73 Å². The Morgan fingerprint density at radius 1 is 1.50 bits per heavy atom. The number of carbonyl (C=O) groups excluding carboxylic acids is 1. The zero-order valence-corrected chi connectivity index (χ0v) is 8.20. The largest absolute Gasteiger partial charge is 0.378 e. The second-order valence-electron chi connectivity index (χ2n) is 2.92. The summed E-state index contributed by atoms with van der Waals surface area (Å²) in [6.07, 6.45) is 2.30. The van der Waals surface area contributed by atoms with Crippen LogP contribution >= 0.6 is 11.8 Å². The Kier molecular flexibility index (Phi) is 2.49. The van der Waals surface area contributed by atoms with Gasteiger partial charge in [0, 0.05) is 18.3 Å². The molecule has 0 bridgehead atoms. The molecule has 0 aromatic carbocycles. The maximum atomic E-state index is 11.3. The van der Waals surface area contributed by atoms with Gasteiger partial charge in [0.15, 0.2) is 5.17 Å². The molecule has 4 nitrogen and oxygen atoms in total. The van der Waals surface area contributed by atoms with Crippen molar-refractivity contribution in [3.05, 3.63) is 30.1 Å². The number of aliphatic imine (C=N–C) groups is 1. The maximum absolute atomic E-state index is 11.3. The topological polar surface area (TPSA) is 68.3 Å². The molecule has 2 rings (SSSR count). The van der Waals surface area contributed by atoms with E-state index in [9.17, 15) is 4.79 Å². The van der Waals surface area contributed by atoms with Crippen LogP contribution in [0.25, 0.3) is 0 Å². The predicted molar refractivity (Wildman–Crippen MR) is 55.9 cm³/mol. The van der Waals surface area contributed by atoms with E-state index >= 15 is 0 Å². The average Bonchev–Trinajstić information content (AvgIpc) is 2.47. The van der Waals surface area contributed by atoms with E-state index in [0.717, 1.165) is 5.69 Å². The lowest BCUT2D eigenvalue weighted by Gasteiger charge is -2.04. The molecule has 1 aromatic heterocycles. The lowest BCUT2D eigenvalue weighted by molar-refractivity contribution is -0.117. The molecule has 1 amide bonds. The molecule has 0 aliphatic carbocycles. The number of hydrogen-bond acceptors (Lipinski definition) is 4. The highest BCUT2D eigenvalue weighted by atomic mass is 32.2. The Morgan fingerprint density at radius 3 is 2.93 bits per heavy atom. The van der Waals surface area contributed by atoms with E-state index in [1.54, 1.807) is 6.20 Å². The van der Waals surface area contributed by atoms with Crippen LogP contribution in [0.5, 0.6) is 0 Å². The summed E-state index contributed by atoms with van der Waals surface area (Å²) in [5, 5.41) is 0.167. The van der Waals surface area contributed by atoms with Crippen LogP contribution in [0.4, 0.5) is 0 Å². The van der Waals surface area contributed by atoms with Crippen molar-refractivity contribution in [3.8, 4) is 0 Å². The normalized spacial score (nSPS) is 21.0. The highest BCUT2D eigenvalue weighted by molar-refractivity contribution is 8.15. The monoisotopic (exact) mass is 207 g/mol. The first-order chi connectivity index (χ1) is 6.75. The van der Waals surface area contributed by atoms with Gasteiger partial charge < -0.3 is 5.73 Å². The smallest absolute Gasteiger partial charge is 0.262 e. The number of carbonyl (C=O) groups is 1. The summed E-state index contributed by atoms with van der Waals surface area (Å²) in [5.74, 6) is -0.154. The summed E-state index contributed by atoms with van der Waals surface area (Å²) in [7, 11) is 0. The molecule has 0 fully saturated rings. The molecule has 14 heavy (non-hydrogen) atoms. The van der Waals surface area contributed by atoms with Crippen molar-refractivity contribution in [3.63, 3.8) is 0 Å². The predicted octanol–water partition coefficient (Wildman–Crippen LogP) is 0.581. The SMILES string of the molecule is NC1=NC(=O)C(Cc2ccccn2)S1. The van der Waals surface area contributed by atoms with Crippen LogP contribution in [0, 0.1) is 0 Å². The molecule has 0 radical (unpaired) electrons. The fraction of sp³-hybridized carbons (Fsp3) is 0.222. The molecule has 0 spiro atoms. The van der Waals surface area contributed by atoms with Gasteiger partial charge >= 0.3 is 0 Å². The second kappa shape index (κ2) is 3.79. The zero-order valence-electron chi connectivity index (χ0n) is 7.38. The molecule has 0 saturated heterocycles. The average molecular weight is 207 g/mol. The lowest BCUT2D eigenvalue weighted by Crippen LogP contribution is -2.14. The Morgan fingerprint density at radius 2 is 2.36 bits per heavy atom. The third kappa shape index (κ3) is 1.93. The Bertz CT molecular complexity index is 377. The van der Waals surface area contributed by atoms with Gasteiger partial charge in [-0.3, -0.25) is 9.78 Å². The molecule has 0 saturated carbocycles. The number of nitrogens with two attached hydrogens (primary N) is 1. The minimum absolute atomic E-state index is 0.154. The fourth-order valence-electron chi connectivity index (χ4n) is 1.24. The van der Waals surface area contributed by atoms with Crippen molar-refractivity contribution >= 4 is 22.8 Å². The van der Waals surface area contributed by atoms with Crippen molar-refractivity contribution in [2.24, 2.45) is 10.7 Å². The number of nitrogens with zero attached hydrogens (tertiary/aromatic N) is 2. The van der Waals surface area contributed by atoms with Crippen molar-refractivity contribution in [1.29, 1.82) is 0 Å². The van der Waals surface area contributed by atoms with Crippen LogP contribution in [0.3, 0.4) is 0 Å². The van der Waals surface area contributed by atoms with E-state index in [4.69, 9.17) is 5.73 Å². The fourth-order valence-corrected chi connectivity index (χ4v) is 2.08. The summed E-state index contributed by atoms with van der Waals surface area (Å²) < 4.78 is 0. The van der Waals surface area contributed by atoms with Gasteiger partial charge in [0.05, 0.1) is 5.25 Å². The van der Waals surface area contributed by atoms with Crippen LogP contribution in [0.2, 0.25) is 0 Å². The lowest BCUT2D eigenvalue weighted by atomic mass is 10.2. The third-order valence-corrected chi connectivity index (χ3v) is 2.87. The summed E-state index contributed by atoms with van der Waals surface area (Å²) in [6, 6.07) is 5.64. The van der Waals surface area contributed by atoms with E-state index in [2.05, 4.69) is 9.98 Å². The first-order valence-electron chi connectivity index (χ1n) is 4.20. The first-order valence-corrected chi connectivity index (χ1v) is 5.08. The van der Waals surface area contributed by atoms with Gasteiger partial charge in [0.1, 0.15) is 0 Å². The molecule has 5 heteroatoms. The number of aromatic nitrogens is 1. The molecule has 2 heterocycles. The highest BCUT2D eigenvalue weighted by Crippen LogP contribution is 2.22. The molecule has 1 aromatic rings. The quantitative estimate of drug-likeness (QED) is 0.770. The number of pyridine rings is 1. The minimum atomic E-state index is -0.190. The van der Waals surface area contributed by atoms with Gasteiger partial charge in [-0.1, -0.05) is 17.8 Å². The van der Waals surface area contributed by atoms with Crippen molar-refractivity contribution in [2.75, 3.05) is 0 Å². The summed E-state index contributed by atoms with van der Waals surface area (Å²) in [5.41, 5.74) is 6.33. The minimum Gasteiger partial charge on any atom is -0.378 e. The van der Waals surface area contributed by atoms with Crippen LogP contribution in [-0.2, 0) is 11.2 Å². The van der Waals surface area contributed by atoms with Crippen molar-refractivity contribution in [1.82, 2.24) is 4.98 Å². The summed E-state index contributed by atoms with van der Waals surface area (Å²) in [6.45, 7) is 0. The van der Waals surface area contributed by atoms with Gasteiger partial charge in [-0.2, -0.15) is 4.99 Å². The Labute approximate surface area is 85.6 Å². The Hall–Kier alpha value is -1.36. The van der Waals surface area contributed by atoms with Gasteiger partial charge in [-0.05, 0) is 12.1 Å². The van der Waals surface area contributed by atoms with E-state index < -0.39 is 0 Å². The molecule has 2 N–H and O–H groups in total. The van der Waals surface area contributed by atoms with Gasteiger partial charge in [0.2, 0.25) is 0 Å². The number of thioether (sulfide) groups is 1. The third-order valence-electron chi connectivity index (χ3n) is 1.88. The molecule has 1 aliphatic rings. The highest BCUT2D eigenvalue weighted by Gasteiger charge is 2.27. The van der Waals surface area contributed by atoms with E-state index in [1.807, 2.05) is 18.2 Å². The number of amidine groups is 1. The van der Waals surface area contributed by atoms with Crippen LogP contribution in [0.15, 0.2) is 29.4 Å². The first kappa shape index (κ1) is 9.21. The number of amides is 1. The molecule has 1 atom stereocenters. The standard InChI is InChI=1S/C9H9N3OS/c10-9-12-8(13)7(14-9)5-6-3-1-2-4-11-6/h1-4,7H,5H2,(H2,10,12,13). The van der Waals surface area contributed by atoms with E-state index in [1.165, 1.54) is 11.8 Å². The van der Waals surface area contributed by atoms with Gasteiger partial charge in [-0.25, -0.2) is 0 Å². The van der Waals surface area contributed by atoms with Crippen molar-refractivity contribution in [2.45, 2.75) is 11.7 Å².